The van der Waals surface area contributed by atoms with Gasteiger partial charge in [-0.15, -0.1) is 0 Å². The minimum absolute atomic E-state index is 0.660. The van der Waals surface area contributed by atoms with Crippen LogP contribution in [0, 0.1) is 11.8 Å². The maximum Gasteiger partial charge on any atom is 0.164 e. The molecule has 1 unspecified atom stereocenters. The number of hydrogen-bond donors (Lipinski definition) is 1. The first-order chi connectivity index (χ1) is 8.11. The first-order valence-electron chi connectivity index (χ1n) is 6.70. The fourth-order valence-corrected chi connectivity index (χ4v) is 2.08. The molecule has 0 saturated heterocycles. The molecule has 0 amide bonds. The number of aromatic nitrogens is 3. The van der Waals surface area contributed by atoms with Crippen molar-refractivity contribution >= 4 is 0 Å². The minimum atomic E-state index is 0.660. The van der Waals surface area contributed by atoms with Crippen LogP contribution in [-0.2, 0) is 13.1 Å². The van der Waals surface area contributed by atoms with Crippen LogP contribution in [0.3, 0.4) is 0 Å². The van der Waals surface area contributed by atoms with Crippen molar-refractivity contribution in [1.29, 1.82) is 0 Å². The van der Waals surface area contributed by atoms with Crippen LogP contribution in [0.4, 0.5) is 0 Å². The van der Waals surface area contributed by atoms with Crippen molar-refractivity contribution in [2.24, 2.45) is 11.8 Å². The highest BCUT2D eigenvalue weighted by Crippen LogP contribution is 2.12. The summed E-state index contributed by atoms with van der Waals surface area (Å²) < 4.78 is 1.97. The molecule has 1 aromatic rings. The molecule has 4 heteroatoms. The van der Waals surface area contributed by atoms with Crippen LogP contribution in [0.2, 0.25) is 0 Å². The van der Waals surface area contributed by atoms with Crippen LogP contribution >= 0.6 is 0 Å². The molecule has 1 N–H and O–H groups in total. The van der Waals surface area contributed by atoms with Gasteiger partial charge in [-0.2, -0.15) is 5.10 Å². The van der Waals surface area contributed by atoms with Gasteiger partial charge in [-0.3, -0.25) is 4.68 Å². The highest BCUT2D eigenvalue weighted by molar-refractivity contribution is 4.80. The summed E-state index contributed by atoms with van der Waals surface area (Å²) in [6.45, 7) is 11.7. The van der Waals surface area contributed by atoms with Gasteiger partial charge in [-0.25, -0.2) is 4.98 Å². The molecule has 0 saturated carbocycles. The second-order valence-corrected chi connectivity index (χ2v) is 5.29. The molecule has 0 spiro atoms. The number of nitrogens with zero attached hydrogens (tertiary/aromatic N) is 3. The predicted octanol–water partition coefficient (Wildman–Crippen LogP) is 2.46. The molecule has 0 aliphatic carbocycles. The minimum Gasteiger partial charge on any atom is -0.310 e. The SMILES string of the molecule is CCCNCc1ncn(CC(C)CC(C)C)n1. The van der Waals surface area contributed by atoms with Crippen LogP contribution in [0.5, 0.6) is 0 Å². The van der Waals surface area contributed by atoms with E-state index in [0.717, 1.165) is 37.8 Å². The van der Waals surface area contributed by atoms with Gasteiger partial charge >= 0.3 is 0 Å². The van der Waals surface area contributed by atoms with Crippen molar-refractivity contribution in [1.82, 2.24) is 20.1 Å². The van der Waals surface area contributed by atoms with E-state index < -0.39 is 0 Å². The Hall–Kier alpha value is -0.900. The maximum absolute atomic E-state index is 4.47. The fourth-order valence-electron chi connectivity index (χ4n) is 2.08. The van der Waals surface area contributed by atoms with Crippen LogP contribution in [0.1, 0.15) is 46.4 Å². The summed E-state index contributed by atoms with van der Waals surface area (Å²) in [4.78, 5) is 4.31. The molecular weight excluding hydrogens is 212 g/mol. The molecule has 17 heavy (non-hydrogen) atoms. The monoisotopic (exact) mass is 238 g/mol. The molecule has 0 radical (unpaired) electrons. The lowest BCUT2D eigenvalue weighted by Crippen LogP contribution is -2.15. The van der Waals surface area contributed by atoms with Crippen molar-refractivity contribution in [2.45, 2.75) is 53.6 Å². The van der Waals surface area contributed by atoms with Crippen molar-refractivity contribution in [3.63, 3.8) is 0 Å². The van der Waals surface area contributed by atoms with Gasteiger partial charge in [0.15, 0.2) is 5.82 Å². The molecule has 0 aliphatic heterocycles. The molecule has 0 aliphatic rings. The molecule has 1 atom stereocenters. The van der Waals surface area contributed by atoms with Gasteiger partial charge in [0.25, 0.3) is 0 Å². The maximum atomic E-state index is 4.47. The van der Waals surface area contributed by atoms with E-state index in [1.165, 1.54) is 6.42 Å². The average Bonchev–Trinajstić information content (AvgIpc) is 2.64. The van der Waals surface area contributed by atoms with Crippen molar-refractivity contribution in [2.75, 3.05) is 6.54 Å². The number of hydrogen-bond acceptors (Lipinski definition) is 3. The third kappa shape index (κ3) is 5.82. The van der Waals surface area contributed by atoms with E-state index >= 15 is 0 Å². The molecule has 0 fully saturated rings. The smallest absolute Gasteiger partial charge is 0.164 e. The Bertz CT molecular complexity index is 306. The summed E-state index contributed by atoms with van der Waals surface area (Å²) in [6.07, 6.45) is 4.23. The van der Waals surface area contributed by atoms with E-state index in [4.69, 9.17) is 0 Å². The van der Waals surface area contributed by atoms with Gasteiger partial charge in [-0.1, -0.05) is 27.7 Å². The standard InChI is InChI=1S/C13H26N4/c1-5-6-14-8-13-15-10-17(16-13)9-12(4)7-11(2)3/h10-12,14H,5-9H2,1-4H3. The average molecular weight is 238 g/mol. The lowest BCUT2D eigenvalue weighted by molar-refractivity contribution is 0.371. The second kappa shape index (κ2) is 7.43. The van der Waals surface area contributed by atoms with E-state index in [2.05, 4.69) is 43.1 Å². The lowest BCUT2D eigenvalue weighted by atomic mass is 9.99. The van der Waals surface area contributed by atoms with Crippen molar-refractivity contribution < 1.29 is 0 Å². The first kappa shape index (κ1) is 14.2. The van der Waals surface area contributed by atoms with Crippen LogP contribution in [-0.4, -0.2) is 21.3 Å². The van der Waals surface area contributed by atoms with Crippen LogP contribution < -0.4 is 5.32 Å². The Morgan fingerprint density at radius 3 is 2.76 bits per heavy atom. The number of rotatable bonds is 8. The normalized spacial score (nSPS) is 13.2. The van der Waals surface area contributed by atoms with E-state index in [1.807, 2.05) is 11.0 Å². The largest absolute Gasteiger partial charge is 0.310 e. The molecular formula is C13H26N4. The lowest BCUT2D eigenvalue weighted by Gasteiger charge is -2.13. The van der Waals surface area contributed by atoms with E-state index in [1.54, 1.807) is 0 Å². The summed E-state index contributed by atoms with van der Waals surface area (Å²) in [5, 5.41) is 7.78. The Kier molecular flexibility index (Phi) is 6.19. The molecule has 0 aromatic carbocycles. The van der Waals surface area contributed by atoms with Crippen LogP contribution in [0.15, 0.2) is 6.33 Å². The van der Waals surface area contributed by atoms with Gasteiger partial charge in [0.05, 0.1) is 6.54 Å². The zero-order chi connectivity index (χ0) is 12.7. The summed E-state index contributed by atoms with van der Waals surface area (Å²) in [6, 6.07) is 0. The van der Waals surface area contributed by atoms with Crippen molar-refractivity contribution in [3.8, 4) is 0 Å². The predicted molar refractivity (Wildman–Crippen MR) is 70.6 cm³/mol. The molecule has 1 rings (SSSR count). The molecule has 1 heterocycles. The Balaban J connectivity index is 2.34. The summed E-state index contributed by atoms with van der Waals surface area (Å²) in [7, 11) is 0. The Morgan fingerprint density at radius 2 is 2.12 bits per heavy atom. The van der Waals surface area contributed by atoms with Gasteiger partial charge < -0.3 is 5.32 Å². The Morgan fingerprint density at radius 1 is 1.35 bits per heavy atom. The van der Waals surface area contributed by atoms with Gasteiger partial charge in [0, 0.05) is 6.54 Å². The Labute approximate surface area is 105 Å². The van der Waals surface area contributed by atoms with Gasteiger partial charge in [0.1, 0.15) is 6.33 Å². The fraction of sp³-hybridized carbons (Fsp3) is 0.846. The molecule has 4 nitrogen and oxygen atoms in total. The quantitative estimate of drug-likeness (QED) is 0.707. The van der Waals surface area contributed by atoms with Gasteiger partial charge in [0.2, 0.25) is 0 Å². The topological polar surface area (TPSA) is 42.7 Å². The zero-order valence-corrected chi connectivity index (χ0v) is 11.6. The number of nitrogens with one attached hydrogen (secondary N) is 1. The zero-order valence-electron chi connectivity index (χ0n) is 11.6. The van der Waals surface area contributed by atoms with Gasteiger partial charge in [-0.05, 0) is 31.2 Å². The van der Waals surface area contributed by atoms with Crippen molar-refractivity contribution in [3.05, 3.63) is 12.2 Å². The highest BCUT2D eigenvalue weighted by atomic mass is 15.3. The molecule has 98 valence electrons. The summed E-state index contributed by atoms with van der Waals surface area (Å²) in [5.74, 6) is 2.31. The summed E-state index contributed by atoms with van der Waals surface area (Å²) in [5.41, 5.74) is 0. The molecule has 0 bridgehead atoms. The third-order valence-corrected chi connectivity index (χ3v) is 2.67. The van der Waals surface area contributed by atoms with E-state index in [-0.39, 0.29) is 0 Å². The second-order valence-electron chi connectivity index (χ2n) is 5.29. The third-order valence-electron chi connectivity index (χ3n) is 2.67. The molecule has 1 aromatic heterocycles. The van der Waals surface area contributed by atoms with E-state index in [0.29, 0.717) is 5.92 Å². The van der Waals surface area contributed by atoms with E-state index in [9.17, 15) is 0 Å². The highest BCUT2D eigenvalue weighted by Gasteiger charge is 2.07. The first-order valence-corrected chi connectivity index (χ1v) is 6.70. The van der Waals surface area contributed by atoms with Crippen LogP contribution in [0.25, 0.3) is 0 Å². The summed E-state index contributed by atoms with van der Waals surface area (Å²) >= 11 is 0.